The molecule has 0 atom stereocenters. The summed E-state index contributed by atoms with van der Waals surface area (Å²) in [6.07, 6.45) is -2.85. The number of benzene rings is 1. The number of hydrogen-bond donors (Lipinski definition) is 2. The second kappa shape index (κ2) is 9.31. The standard InChI is InChI=1S/C20H15F3N2O4S2/c1-29-19(28)15-7-6-14(31-15)18(27)25-24-9-8-12-10-30-17(16(12)26)11-2-4-13(5-3-11)20(21,22)23/h2-7,9-10,26H,8H2,1H3,(H,25,27). The largest absolute Gasteiger partial charge is 0.506 e. The van der Waals surface area contributed by atoms with Crippen LogP contribution >= 0.6 is 22.7 Å². The Balaban J connectivity index is 1.61. The molecule has 11 heteroatoms. The maximum Gasteiger partial charge on any atom is 0.416 e. The molecule has 0 spiro atoms. The van der Waals surface area contributed by atoms with Crippen molar-refractivity contribution < 1.29 is 32.6 Å². The molecule has 0 bridgehead atoms. The number of halogens is 3. The average Bonchev–Trinajstić information content (AvgIpc) is 3.37. The smallest absolute Gasteiger partial charge is 0.416 e. The van der Waals surface area contributed by atoms with E-state index in [0.717, 1.165) is 23.5 Å². The Kier molecular flexibility index (Phi) is 6.76. The van der Waals surface area contributed by atoms with Crippen LogP contribution in [0, 0.1) is 0 Å². The zero-order valence-corrected chi connectivity index (χ0v) is 17.5. The van der Waals surface area contributed by atoms with Gasteiger partial charge < -0.3 is 9.84 Å². The lowest BCUT2D eigenvalue weighted by molar-refractivity contribution is -0.137. The Morgan fingerprint density at radius 1 is 1.16 bits per heavy atom. The number of rotatable bonds is 6. The van der Waals surface area contributed by atoms with Crippen molar-refractivity contribution in [2.45, 2.75) is 12.6 Å². The molecule has 2 heterocycles. The Morgan fingerprint density at radius 3 is 2.48 bits per heavy atom. The summed E-state index contributed by atoms with van der Waals surface area (Å²) in [6, 6.07) is 7.47. The molecular weight excluding hydrogens is 453 g/mol. The lowest BCUT2D eigenvalue weighted by Gasteiger charge is -2.07. The number of hydrogen-bond acceptors (Lipinski definition) is 7. The van der Waals surface area contributed by atoms with Crippen molar-refractivity contribution >= 4 is 40.8 Å². The minimum Gasteiger partial charge on any atom is -0.506 e. The van der Waals surface area contributed by atoms with Crippen LogP contribution in [0.2, 0.25) is 0 Å². The highest BCUT2D eigenvalue weighted by atomic mass is 32.1. The molecule has 2 N–H and O–H groups in total. The fourth-order valence-electron chi connectivity index (χ4n) is 2.52. The number of thiophene rings is 2. The summed E-state index contributed by atoms with van der Waals surface area (Å²) in [4.78, 5) is 24.5. The first kappa shape index (κ1) is 22.5. The molecule has 0 aliphatic heterocycles. The number of aromatic hydroxyl groups is 1. The highest BCUT2D eigenvalue weighted by Gasteiger charge is 2.30. The van der Waals surface area contributed by atoms with Crippen LogP contribution in [0.4, 0.5) is 13.2 Å². The van der Waals surface area contributed by atoms with Crippen molar-refractivity contribution in [2.75, 3.05) is 7.11 Å². The highest BCUT2D eigenvalue weighted by Crippen LogP contribution is 2.39. The number of alkyl halides is 3. The lowest BCUT2D eigenvalue weighted by atomic mass is 10.1. The molecule has 0 saturated carbocycles. The van der Waals surface area contributed by atoms with Crippen LogP contribution in [0.15, 0.2) is 46.9 Å². The summed E-state index contributed by atoms with van der Waals surface area (Å²) >= 11 is 2.15. The summed E-state index contributed by atoms with van der Waals surface area (Å²) < 4.78 is 42.6. The van der Waals surface area contributed by atoms with Gasteiger partial charge in [0.1, 0.15) is 10.6 Å². The second-order valence-corrected chi connectivity index (χ2v) is 8.09. The van der Waals surface area contributed by atoms with Crippen LogP contribution < -0.4 is 5.43 Å². The molecule has 0 aliphatic carbocycles. The van der Waals surface area contributed by atoms with Crippen LogP contribution in [-0.2, 0) is 17.3 Å². The Bertz CT molecular complexity index is 1120. The van der Waals surface area contributed by atoms with Gasteiger partial charge in [0.05, 0.1) is 22.4 Å². The van der Waals surface area contributed by atoms with Gasteiger partial charge in [-0.15, -0.1) is 22.7 Å². The summed E-state index contributed by atoms with van der Waals surface area (Å²) in [5, 5.41) is 15.9. The highest BCUT2D eigenvalue weighted by molar-refractivity contribution is 7.15. The van der Waals surface area contributed by atoms with E-state index in [4.69, 9.17) is 0 Å². The molecule has 1 aromatic carbocycles. The number of carbonyl (C=O) groups excluding carboxylic acids is 2. The van der Waals surface area contributed by atoms with Crippen molar-refractivity contribution in [3.8, 4) is 16.2 Å². The molecule has 1 amide bonds. The molecule has 0 saturated heterocycles. The van der Waals surface area contributed by atoms with Gasteiger partial charge in [-0.2, -0.15) is 18.3 Å². The zero-order valence-electron chi connectivity index (χ0n) is 15.9. The van der Waals surface area contributed by atoms with Gasteiger partial charge in [0.2, 0.25) is 0 Å². The number of esters is 1. The van der Waals surface area contributed by atoms with Crippen molar-refractivity contribution in [3.63, 3.8) is 0 Å². The van der Waals surface area contributed by atoms with Crippen LogP contribution in [-0.4, -0.2) is 30.3 Å². The molecule has 6 nitrogen and oxygen atoms in total. The third kappa shape index (κ3) is 5.30. The van der Waals surface area contributed by atoms with Crippen LogP contribution in [0.1, 0.15) is 30.5 Å². The van der Waals surface area contributed by atoms with Gasteiger partial charge in [-0.1, -0.05) is 12.1 Å². The van der Waals surface area contributed by atoms with Crippen LogP contribution in [0.25, 0.3) is 10.4 Å². The normalized spacial score (nSPS) is 11.6. The van der Waals surface area contributed by atoms with E-state index in [-0.39, 0.29) is 21.9 Å². The van der Waals surface area contributed by atoms with Crippen LogP contribution in [0.5, 0.6) is 5.75 Å². The second-order valence-electron chi connectivity index (χ2n) is 6.13. The molecule has 0 unspecified atom stereocenters. The number of hydrazone groups is 1. The Hall–Kier alpha value is -3.18. The van der Waals surface area contributed by atoms with E-state index in [0.29, 0.717) is 16.0 Å². The van der Waals surface area contributed by atoms with E-state index < -0.39 is 23.6 Å². The molecule has 0 aliphatic rings. The summed E-state index contributed by atoms with van der Waals surface area (Å²) in [6.45, 7) is 0. The molecule has 2 aromatic heterocycles. The fourth-order valence-corrected chi connectivity index (χ4v) is 4.32. The van der Waals surface area contributed by atoms with Gasteiger partial charge in [0.15, 0.2) is 0 Å². The third-order valence-electron chi connectivity index (χ3n) is 4.10. The van der Waals surface area contributed by atoms with E-state index >= 15 is 0 Å². The predicted octanol–water partition coefficient (Wildman–Crippen LogP) is 4.95. The minimum atomic E-state index is -4.42. The number of methoxy groups -OCH3 is 1. The minimum absolute atomic E-state index is 0.0523. The number of nitrogens with zero attached hydrogens (tertiary/aromatic N) is 1. The Morgan fingerprint density at radius 2 is 1.84 bits per heavy atom. The van der Waals surface area contributed by atoms with Gasteiger partial charge in [-0.05, 0) is 35.2 Å². The van der Waals surface area contributed by atoms with Gasteiger partial charge in [-0.25, -0.2) is 10.2 Å². The van der Waals surface area contributed by atoms with E-state index in [1.165, 1.54) is 48.9 Å². The number of nitrogens with one attached hydrogen (secondary N) is 1. The van der Waals surface area contributed by atoms with E-state index in [1.807, 2.05) is 0 Å². The summed E-state index contributed by atoms with van der Waals surface area (Å²) in [7, 11) is 1.24. The maximum absolute atomic E-state index is 12.7. The number of ether oxygens (including phenoxy) is 1. The summed E-state index contributed by atoms with van der Waals surface area (Å²) in [5.74, 6) is -1.09. The molecule has 0 radical (unpaired) electrons. The monoisotopic (exact) mass is 468 g/mol. The molecule has 3 aromatic rings. The van der Waals surface area contributed by atoms with E-state index in [2.05, 4.69) is 15.3 Å². The number of carbonyl (C=O) groups is 2. The fraction of sp³-hybridized carbons (Fsp3) is 0.150. The van der Waals surface area contributed by atoms with Gasteiger partial charge in [0.25, 0.3) is 5.91 Å². The van der Waals surface area contributed by atoms with E-state index in [1.54, 1.807) is 5.38 Å². The van der Waals surface area contributed by atoms with Gasteiger partial charge >= 0.3 is 12.1 Å². The SMILES string of the molecule is COC(=O)c1ccc(C(=O)NN=CCc2csc(-c3ccc(C(F)(F)F)cc3)c2O)s1. The first-order valence-corrected chi connectivity index (χ1v) is 10.4. The summed E-state index contributed by atoms with van der Waals surface area (Å²) in [5.41, 5.74) is 2.54. The van der Waals surface area contributed by atoms with Crippen LogP contribution in [0.3, 0.4) is 0 Å². The average molecular weight is 468 g/mol. The molecule has 31 heavy (non-hydrogen) atoms. The topological polar surface area (TPSA) is 88.0 Å². The van der Waals surface area contributed by atoms with Gasteiger partial charge in [0, 0.05) is 18.2 Å². The zero-order chi connectivity index (χ0) is 22.6. The lowest BCUT2D eigenvalue weighted by Crippen LogP contribution is -2.16. The molecule has 0 fully saturated rings. The quantitative estimate of drug-likeness (QED) is 0.305. The van der Waals surface area contributed by atoms with E-state index in [9.17, 15) is 27.9 Å². The predicted molar refractivity (Wildman–Crippen MR) is 112 cm³/mol. The van der Waals surface area contributed by atoms with Gasteiger partial charge in [-0.3, -0.25) is 4.79 Å². The molecule has 162 valence electrons. The molecule has 3 rings (SSSR count). The maximum atomic E-state index is 12.7. The third-order valence-corrected chi connectivity index (χ3v) is 6.23. The molecular formula is C20H15F3N2O4S2. The Labute approximate surface area is 182 Å². The first-order valence-electron chi connectivity index (χ1n) is 8.67. The number of amides is 1. The van der Waals surface area contributed by atoms with Crippen molar-refractivity contribution in [1.29, 1.82) is 0 Å². The van der Waals surface area contributed by atoms with Crippen molar-refractivity contribution in [2.24, 2.45) is 5.10 Å². The van der Waals surface area contributed by atoms with Crippen molar-refractivity contribution in [3.05, 3.63) is 62.7 Å². The van der Waals surface area contributed by atoms with Crippen molar-refractivity contribution in [1.82, 2.24) is 5.43 Å². The first-order chi connectivity index (χ1) is 14.7.